The average Bonchev–Trinajstić information content (AvgIpc) is 2.47. The predicted molar refractivity (Wildman–Crippen MR) is 80.1 cm³/mol. The number of benzene rings is 1. The summed E-state index contributed by atoms with van der Waals surface area (Å²) in [6, 6.07) is 12.9. The molecule has 1 aromatic carbocycles. The van der Waals surface area contributed by atoms with Crippen molar-refractivity contribution in [3.05, 3.63) is 71.4 Å². The highest BCUT2D eigenvalue weighted by atomic mass is 32.2. The summed E-state index contributed by atoms with van der Waals surface area (Å²) >= 11 is 0. The van der Waals surface area contributed by atoms with Gasteiger partial charge in [0.15, 0.2) is 0 Å². The predicted octanol–water partition coefficient (Wildman–Crippen LogP) is 2.51. The topological polar surface area (TPSA) is 50.3 Å². The summed E-state index contributed by atoms with van der Waals surface area (Å²) in [5.74, 6) is 0. The average molecular weight is 288 g/mol. The van der Waals surface area contributed by atoms with Crippen molar-refractivity contribution < 1.29 is 8.42 Å². The molecule has 0 N–H and O–H groups in total. The van der Waals surface area contributed by atoms with E-state index < -0.39 is 10.0 Å². The van der Waals surface area contributed by atoms with E-state index in [1.165, 1.54) is 9.71 Å². The third kappa shape index (κ3) is 4.01. The Kier molecular flexibility index (Phi) is 4.65. The monoisotopic (exact) mass is 288 g/mol. The Labute approximate surface area is 119 Å². The van der Waals surface area contributed by atoms with Gasteiger partial charge in [0, 0.05) is 31.4 Å². The largest absolute Gasteiger partial charge is 0.265 e. The summed E-state index contributed by atoms with van der Waals surface area (Å²) < 4.78 is 25.6. The van der Waals surface area contributed by atoms with Crippen molar-refractivity contribution in [2.75, 3.05) is 7.05 Å². The summed E-state index contributed by atoms with van der Waals surface area (Å²) in [4.78, 5) is 3.91. The van der Waals surface area contributed by atoms with Crippen LogP contribution >= 0.6 is 0 Å². The fraction of sp³-hybridized carbons (Fsp3) is 0.133. The standard InChI is InChI=1S/C15H16N2O2S/c1-17(13-15-7-10-16-11-8-15)20(18,19)12-9-14-5-3-2-4-6-14/h2-12H,13H2,1H3/b12-9+. The van der Waals surface area contributed by atoms with Gasteiger partial charge in [-0.1, -0.05) is 30.3 Å². The van der Waals surface area contributed by atoms with Crippen LogP contribution in [0.2, 0.25) is 0 Å². The molecule has 0 aliphatic rings. The third-order valence-corrected chi connectivity index (χ3v) is 4.30. The second kappa shape index (κ2) is 6.45. The third-order valence-electron chi connectivity index (χ3n) is 2.82. The van der Waals surface area contributed by atoms with Crippen LogP contribution in [0.3, 0.4) is 0 Å². The first-order chi connectivity index (χ1) is 9.58. The van der Waals surface area contributed by atoms with Crippen LogP contribution in [0.1, 0.15) is 11.1 Å². The first kappa shape index (κ1) is 14.4. The van der Waals surface area contributed by atoms with Crippen LogP contribution in [0.4, 0.5) is 0 Å². The van der Waals surface area contributed by atoms with E-state index in [0.717, 1.165) is 11.1 Å². The molecule has 1 heterocycles. The van der Waals surface area contributed by atoms with Gasteiger partial charge in [-0.3, -0.25) is 4.98 Å². The Morgan fingerprint density at radius 3 is 2.40 bits per heavy atom. The molecular formula is C15H16N2O2S. The smallest absolute Gasteiger partial charge is 0.236 e. The van der Waals surface area contributed by atoms with Crippen LogP contribution in [0.5, 0.6) is 0 Å². The van der Waals surface area contributed by atoms with Crippen LogP contribution in [-0.4, -0.2) is 24.8 Å². The van der Waals surface area contributed by atoms with Crippen molar-refractivity contribution in [2.24, 2.45) is 0 Å². The van der Waals surface area contributed by atoms with E-state index in [4.69, 9.17) is 0 Å². The Hall–Kier alpha value is -1.98. The van der Waals surface area contributed by atoms with Crippen molar-refractivity contribution in [1.82, 2.24) is 9.29 Å². The number of hydrogen-bond acceptors (Lipinski definition) is 3. The minimum absolute atomic E-state index is 0.323. The first-order valence-electron chi connectivity index (χ1n) is 6.16. The number of nitrogens with zero attached hydrogens (tertiary/aromatic N) is 2. The molecule has 2 aromatic rings. The number of aromatic nitrogens is 1. The minimum Gasteiger partial charge on any atom is -0.265 e. The Bertz CT molecular complexity index is 668. The SMILES string of the molecule is CN(Cc1ccncc1)S(=O)(=O)/C=C/c1ccccc1. The maximum absolute atomic E-state index is 12.1. The van der Waals surface area contributed by atoms with E-state index in [9.17, 15) is 8.42 Å². The Balaban J connectivity index is 2.08. The molecule has 4 nitrogen and oxygen atoms in total. The van der Waals surface area contributed by atoms with Gasteiger partial charge >= 0.3 is 0 Å². The lowest BCUT2D eigenvalue weighted by Gasteiger charge is -2.14. The van der Waals surface area contributed by atoms with Crippen molar-refractivity contribution in [1.29, 1.82) is 0 Å². The normalized spacial score (nSPS) is 12.1. The fourth-order valence-electron chi connectivity index (χ4n) is 1.67. The molecule has 0 saturated carbocycles. The molecule has 0 aliphatic carbocycles. The lowest BCUT2D eigenvalue weighted by Crippen LogP contribution is -2.24. The number of sulfonamides is 1. The molecule has 0 unspecified atom stereocenters. The van der Waals surface area contributed by atoms with E-state index in [2.05, 4.69) is 4.98 Å². The highest BCUT2D eigenvalue weighted by molar-refractivity contribution is 7.92. The molecule has 20 heavy (non-hydrogen) atoms. The van der Waals surface area contributed by atoms with Crippen molar-refractivity contribution >= 4 is 16.1 Å². The Morgan fingerprint density at radius 1 is 1.10 bits per heavy atom. The van der Waals surface area contributed by atoms with Crippen molar-refractivity contribution in [3.8, 4) is 0 Å². The minimum atomic E-state index is -3.42. The first-order valence-corrected chi connectivity index (χ1v) is 7.66. The van der Waals surface area contributed by atoms with E-state index >= 15 is 0 Å². The summed E-state index contributed by atoms with van der Waals surface area (Å²) in [5.41, 5.74) is 1.76. The molecule has 0 spiro atoms. The summed E-state index contributed by atoms with van der Waals surface area (Å²) in [6.45, 7) is 0.323. The molecule has 1 aromatic heterocycles. The summed E-state index contributed by atoms with van der Waals surface area (Å²) in [7, 11) is -1.86. The highest BCUT2D eigenvalue weighted by Gasteiger charge is 2.14. The number of pyridine rings is 1. The van der Waals surface area contributed by atoms with Crippen molar-refractivity contribution in [2.45, 2.75) is 6.54 Å². The molecule has 0 fully saturated rings. The van der Waals surface area contributed by atoms with Gasteiger partial charge in [-0.05, 0) is 29.3 Å². The lowest BCUT2D eigenvalue weighted by molar-refractivity contribution is 0.475. The van der Waals surface area contributed by atoms with Crippen LogP contribution in [0.15, 0.2) is 60.3 Å². The van der Waals surface area contributed by atoms with Crippen LogP contribution in [0.25, 0.3) is 6.08 Å². The second-order valence-corrected chi connectivity index (χ2v) is 6.30. The molecular weight excluding hydrogens is 272 g/mol. The second-order valence-electron chi connectivity index (χ2n) is 4.37. The maximum Gasteiger partial charge on any atom is 0.236 e. The van der Waals surface area contributed by atoms with E-state index in [1.54, 1.807) is 37.7 Å². The van der Waals surface area contributed by atoms with Crippen LogP contribution < -0.4 is 0 Å². The van der Waals surface area contributed by atoms with Gasteiger partial charge in [0.05, 0.1) is 0 Å². The molecule has 2 rings (SSSR count). The zero-order chi connectivity index (χ0) is 14.4. The van der Waals surface area contributed by atoms with Gasteiger partial charge in [-0.15, -0.1) is 0 Å². The summed E-state index contributed by atoms with van der Waals surface area (Å²) in [5, 5.41) is 1.23. The number of hydrogen-bond donors (Lipinski definition) is 0. The van der Waals surface area contributed by atoms with Gasteiger partial charge in [0.1, 0.15) is 0 Å². The zero-order valence-electron chi connectivity index (χ0n) is 11.2. The zero-order valence-corrected chi connectivity index (χ0v) is 12.0. The van der Waals surface area contributed by atoms with Gasteiger partial charge in [0.25, 0.3) is 0 Å². The maximum atomic E-state index is 12.1. The Morgan fingerprint density at radius 2 is 1.75 bits per heavy atom. The molecule has 0 atom stereocenters. The van der Waals surface area contributed by atoms with E-state index in [-0.39, 0.29) is 0 Å². The van der Waals surface area contributed by atoms with Crippen molar-refractivity contribution in [3.63, 3.8) is 0 Å². The van der Waals surface area contributed by atoms with E-state index in [0.29, 0.717) is 6.54 Å². The van der Waals surface area contributed by atoms with Gasteiger partial charge in [-0.25, -0.2) is 8.42 Å². The molecule has 104 valence electrons. The fourth-order valence-corrected chi connectivity index (χ4v) is 2.53. The number of rotatable bonds is 5. The molecule has 0 radical (unpaired) electrons. The summed E-state index contributed by atoms with van der Waals surface area (Å²) in [6.07, 6.45) is 4.89. The highest BCUT2D eigenvalue weighted by Crippen LogP contribution is 2.10. The molecule has 0 amide bonds. The molecule has 0 saturated heterocycles. The van der Waals surface area contributed by atoms with Crippen LogP contribution in [0, 0.1) is 0 Å². The van der Waals surface area contributed by atoms with Gasteiger partial charge in [0.2, 0.25) is 10.0 Å². The molecule has 5 heteroatoms. The van der Waals surface area contributed by atoms with E-state index in [1.807, 2.05) is 30.3 Å². The molecule has 0 bridgehead atoms. The lowest BCUT2D eigenvalue weighted by atomic mass is 10.2. The quantitative estimate of drug-likeness (QED) is 0.849. The van der Waals surface area contributed by atoms with Gasteiger partial charge < -0.3 is 0 Å². The van der Waals surface area contributed by atoms with Gasteiger partial charge in [-0.2, -0.15) is 4.31 Å². The van der Waals surface area contributed by atoms with Crippen LogP contribution in [-0.2, 0) is 16.6 Å². The molecule has 0 aliphatic heterocycles.